The molecule has 1 atom stereocenters. The largest absolute Gasteiger partial charge is 0.381 e. The summed E-state index contributed by atoms with van der Waals surface area (Å²) in [5, 5.41) is 10.6. The molecule has 0 radical (unpaired) electrons. The van der Waals surface area contributed by atoms with Crippen molar-refractivity contribution < 1.29 is 19.1 Å². The normalized spacial score (nSPS) is 23.7. The van der Waals surface area contributed by atoms with E-state index < -0.39 is 11.6 Å². The summed E-state index contributed by atoms with van der Waals surface area (Å²) in [5.41, 5.74) is 1.24. The zero-order valence-electron chi connectivity index (χ0n) is 28.4. The lowest BCUT2D eigenvalue weighted by Gasteiger charge is -2.35. The Morgan fingerprint density at radius 3 is 2.58 bits per heavy atom. The maximum absolute atomic E-state index is 14.2. The minimum atomic E-state index is -1.03. The van der Waals surface area contributed by atoms with Crippen LogP contribution in [-0.2, 0) is 14.3 Å². The number of ether oxygens (including phenoxy) is 1. The van der Waals surface area contributed by atoms with Crippen molar-refractivity contribution in [3.8, 4) is 0 Å². The number of allylic oxidation sites excluding steroid dienone is 5. The summed E-state index contributed by atoms with van der Waals surface area (Å²) >= 11 is 1.45. The first-order valence-corrected chi connectivity index (χ1v) is 18.9. The van der Waals surface area contributed by atoms with Crippen LogP contribution < -0.4 is 16.0 Å². The van der Waals surface area contributed by atoms with E-state index >= 15 is 0 Å². The van der Waals surface area contributed by atoms with Crippen molar-refractivity contribution >= 4 is 39.1 Å². The van der Waals surface area contributed by atoms with Crippen LogP contribution in [0.5, 0.6) is 0 Å². The van der Waals surface area contributed by atoms with Crippen LogP contribution >= 0.6 is 11.3 Å². The second-order valence-corrected chi connectivity index (χ2v) is 15.4. The van der Waals surface area contributed by atoms with E-state index in [-0.39, 0.29) is 17.7 Å². The second kappa shape index (κ2) is 16.4. The number of carbonyl (C=O) groups excluding carboxylic acids is 3. The van der Waals surface area contributed by atoms with Gasteiger partial charge >= 0.3 is 0 Å². The second-order valence-electron chi connectivity index (χ2n) is 14.3. The van der Waals surface area contributed by atoms with E-state index in [4.69, 9.17) is 4.74 Å². The van der Waals surface area contributed by atoms with Crippen LogP contribution in [0, 0.1) is 18.8 Å². The van der Waals surface area contributed by atoms with E-state index in [1.807, 2.05) is 43.4 Å². The third-order valence-corrected chi connectivity index (χ3v) is 11.8. The fourth-order valence-electron chi connectivity index (χ4n) is 7.67. The van der Waals surface area contributed by atoms with Crippen molar-refractivity contribution in [3.05, 3.63) is 70.7 Å². The van der Waals surface area contributed by atoms with Gasteiger partial charge in [-0.15, -0.1) is 11.3 Å². The Labute approximate surface area is 289 Å². The molecule has 2 saturated heterocycles. The summed E-state index contributed by atoms with van der Waals surface area (Å²) in [5.74, 6) is 0.531. The van der Waals surface area contributed by atoms with Crippen LogP contribution in [-0.4, -0.2) is 73.6 Å². The van der Waals surface area contributed by atoms with Crippen molar-refractivity contribution in [2.45, 2.75) is 89.1 Å². The molecule has 4 aliphatic rings. The predicted octanol–water partition coefficient (Wildman–Crippen LogP) is 6.21. The molecule has 3 heterocycles. The highest BCUT2D eigenvalue weighted by Gasteiger charge is 2.44. The highest BCUT2D eigenvalue weighted by molar-refractivity contribution is 7.20. The van der Waals surface area contributed by atoms with Crippen molar-refractivity contribution in [2.75, 3.05) is 39.4 Å². The van der Waals surface area contributed by atoms with Gasteiger partial charge in [-0.05, 0) is 113 Å². The molecule has 2 aliphatic carbocycles. The Bertz CT molecular complexity index is 1520. The molecule has 48 heavy (non-hydrogen) atoms. The number of rotatable bonds is 11. The Balaban J connectivity index is 1.10. The van der Waals surface area contributed by atoms with Gasteiger partial charge in [-0.3, -0.25) is 14.4 Å². The minimum Gasteiger partial charge on any atom is -0.381 e. The summed E-state index contributed by atoms with van der Waals surface area (Å²) in [6.07, 6.45) is 19.7. The topological polar surface area (TPSA) is 99.8 Å². The molecule has 0 unspecified atom stereocenters. The number of aryl methyl sites for hydroxylation is 1. The van der Waals surface area contributed by atoms with Crippen LogP contribution in [0.15, 0.2) is 60.2 Å². The number of benzene rings is 1. The van der Waals surface area contributed by atoms with Gasteiger partial charge in [-0.25, -0.2) is 0 Å². The number of piperidine rings is 1. The molecule has 1 saturated carbocycles. The molecule has 1 aromatic heterocycles. The van der Waals surface area contributed by atoms with Gasteiger partial charge in [0.15, 0.2) is 0 Å². The molecule has 1 aromatic carbocycles. The van der Waals surface area contributed by atoms with Gasteiger partial charge in [-0.2, -0.15) is 0 Å². The highest BCUT2D eigenvalue weighted by atomic mass is 32.1. The summed E-state index contributed by atoms with van der Waals surface area (Å²) in [7, 11) is 0. The summed E-state index contributed by atoms with van der Waals surface area (Å²) in [6.45, 7) is 7.70. The first-order valence-electron chi connectivity index (χ1n) is 18.1. The number of hydrogen-bond acceptors (Lipinski definition) is 6. The van der Waals surface area contributed by atoms with Crippen molar-refractivity contribution in [2.24, 2.45) is 11.8 Å². The average molecular weight is 673 g/mol. The zero-order chi connectivity index (χ0) is 33.3. The molecule has 2 aliphatic heterocycles. The molecule has 0 bridgehead atoms. The molecule has 258 valence electrons. The van der Waals surface area contributed by atoms with Crippen molar-refractivity contribution in [3.63, 3.8) is 0 Å². The van der Waals surface area contributed by atoms with Gasteiger partial charge in [0.05, 0.1) is 4.88 Å². The van der Waals surface area contributed by atoms with E-state index in [0.29, 0.717) is 36.6 Å². The van der Waals surface area contributed by atoms with E-state index in [0.717, 1.165) is 111 Å². The number of hydrogen-bond donors (Lipinski definition) is 3. The average Bonchev–Trinajstić information content (AvgIpc) is 3.73. The van der Waals surface area contributed by atoms with Crippen LogP contribution in [0.4, 0.5) is 0 Å². The first-order chi connectivity index (χ1) is 23.4. The molecule has 6 rings (SSSR count). The zero-order valence-corrected chi connectivity index (χ0v) is 29.3. The van der Waals surface area contributed by atoms with E-state index in [1.54, 1.807) is 0 Å². The van der Waals surface area contributed by atoms with Crippen LogP contribution in [0.1, 0.15) is 85.9 Å². The van der Waals surface area contributed by atoms with Gasteiger partial charge < -0.3 is 25.6 Å². The number of nitrogens with one attached hydrogen (secondary N) is 3. The SMILES string of the molecule is Cc1ccc2cc(C(=O)NC3(C(=O)N[C@H](C/C4=C/C=C\C=C\CC4)C(=O)NCC4CCN(CC5CCOCC5)CC4)CCCC3)sc2c1. The van der Waals surface area contributed by atoms with Gasteiger partial charge in [0, 0.05) is 31.0 Å². The third-order valence-electron chi connectivity index (χ3n) is 10.7. The van der Waals surface area contributed by atoms with Crippen LogP contribution in [0.3, 0.4) is 0 Å². The lowest BCUT2D eigenvalue weighted by Crippen LogP contribution is -2.60. The third kappa shape index (κ3) is 9.04. The summed E-state index contributed by atoms with van der Waals surface area (Å²) in [4.78, 5) is 44.8. The fourth-order valence-corrected chi connectivity index (χ4v) is 8.73. The Morgan fingerprint density at radius 2 is 1.79 bits per heavy atom. The quantitative estimate of drug-likeness (QED) is 0.264. The van der Waals surface area contributed by atoms with E-state index in [1.165, 1.54) is 11.3 Å². The maximum Gasteiger partial charge on any atom is 0.262 e. The Hall–Kier alpha value is -3.27. The van der Waals surface area contributed by atoms with Gasteiger partial charge in [0.2, 0.25) is 11.8 Å². The molecule has 3 N–H and O–H groups in total. The number of nitrogens with zero attached hydrogens (tertiary/aromatic N) is 1. The predicted molar refractivity (Wildman–Crippen MR) is 193 cm³/mol. The standard InChI is InChI=1S/C39H52N4O4S/c1-28-11-12-32-25-35(48-34(32)23-28)37(45)42-39(17-7-8-18-39)38(46)41-33(24-29-9-5-3-2-4-6-10-29)36(44)40-26-30-13-19-43(20-14-30)27-31-15-21-47-22-16-31/h2-5,9,11-12,23,25,30-31,33H,6-8,10,13-22,24,26-27H2,1H3,(H,40,44)(H,41,46)(H,42,45)/b4-2+,5-3-,29-9+/t33-/m1/s1. The van der Waals surface area contributed by atoms with Gasteiger partial charge in [0.1, 0.15) is 11.6 Å². The number of carbonyl (C=O) groups is 3. The lowest BCUT2D eigenvalue weighted by atomic mass is 9.93. The van der Waals surface area contributed by atoms with Gasteiger partial charge in [0.25, 0.3) is 5.91 Å². The number of thiophene rings is 1. The Morgan fingerprint density at radius 1 is 1.00 bits per heavy atom. The number of fused-ring (bicyclic) bond motifs is 1. The molecule has 2 aromatic rings. The summed E-state index contributed by atoms with van der Waals surface area (Å²) in [6, 6.07) is 7.36. The van der Waals surface area contributed by atoms with Crippen LogP contribution in [0.2, 0.25) is 0 Å². The number of likely N-dealkylation sites (tertiary alicyclic amines) is 1. The smallest absolute Gasteiger partial charge is 0.262 e. The Kier molecular flexibility index (Phi) is 11.8. The fraction of sp³-hybridized carbons (Fsp3) is 0.564. The van der Waals surface area contributed by atoms with E-state index in [9.17, 15) is 14.4 Å². The lowest BCUT2D eigenvalue weighted by molar-refractivity contribution is -0.132. The molecular weight excluding hydrogens is 621 g/mol. The molecule has 3 amide bonds. The first kappa shape index (κ1) is 34.6. The van der Waals surface area contributed by atoms with Gasteiger partial charge in [-0.1, -0.05) is 60.9 Å². The molecule has 0 spiro atoms. The maximum atomic E-state index is 14.2. The van der Waals surface area contributed by atoms with Crippen molar-refractivity contribution in [1.29, 1.82) is 0 Å². The summed E-state index contributed by atoms with van der Waals surface area (Å²) < 4.78 is 6.59. The monoisotopic (exact) mass is 672 g/mol. The minimum absolute atomic E-state index is 0.144. The molecular formula is C39H52N4O4S. The number of amides is 3. The molecule has 8 nitrogen and oxygen atoms in total. The van der Waals surface area contributed by atoms with Crippen LogP contribution in [0.25, 0.3) is 10.1 Å². The molecule has 9 heteroatoms. The molecule has 3 fully saturated rings. The highest BCUT2D eigenvalue weighted by Crippen LogP contribution is 2.33. The van der Waals surface area contributed by atoms with Crippen molar-refractivity contribution in [1.82, 2.24) is 20.9 Å². The van der Waals surface area contributed by atoms with E-state index in [2.05, 4.69) is 39.1 Å².